The first-order chi connectivity index (χ1) is 12.8. The van der Waals surface area contributed by atoms with Gasteiger partial charge in [0.1, 0.15) is 0 Å². The lowest BCUT2D eigenvalue weighted by Crippen LogP contribution is -2.47. The van der Waals surface area contributed by atoms with Crippen LogP contribution >= 0.6 is 12.4 Å². The Morgan fingerprint density at radius 2 is 1.67 bits per heavy atom. The van der Waals surface area contributed by atoms with Gasteiger partial charge in [0.2, 0.25) is 5.91 Å². The molecule has 0 aromatic heterocycles. The summed E-state index contributed by atoms with van der Waals surface area (Å²) in [6, 6.07) is 15.4. The van der Waals surface area contributed by atoms with Crippen molar-refractivity contribution in [3.8, 4) is 0 Å². The smallest absolute Gasteiger partial charge is 0.223 e. The van der Waals surface area contributed by atoms with Crippen LogP contribution in [0.25, 0.3) is 10.8 Å². The number of hydrogen-bond acceptors (Lipinski definition) is 3. The third-order valence-electron chi connectivity index (χ3n) is 5.96. The van der Waals surface area contributed by atoms with Gasteiger partial charge in [-0.1, -0.05) is 42.5 Å². The van der Waals surface area contributed by atoms with E-state index < -0.39 is 0 Å². The molecular weight excluding hydrogens is 358 g/mol. The zero-order valence-corrected chi connectivity index (χ0v) is 16.7. The van der Waals surface area contributed by atoms with Crippen molar-refractivity contribution in [2.45, 2.75) is 25.2 Å². The minimum Gasteiger partial charge on any atom is -0.340 e. The number of hydrogen-bond donors (Lipinski definition) is 1. The van der Waals surface area contributed by atoms with Crippen LogP contribution in [0.15, 0.2) is 42.5 Å². The zero-order valence-electron chi connectivity index (χ0n) is 15.9. The number of likely N-dealkylation sites (tertiary alicyclic amines) is 1. The second-order valence-electron chi connectivity index (χ2n) is 7.57. The molecule has 1 amide bonds. The van der Waals surface area contributed by atoms with E-state index in [-0.39, 0.29) is 12.4 Å². The van der Waals surface area contributed by atoms with Crippen molar-refractivity contribution >= 4 is 29.1 Å². The van der Waals surface area contributed by atoms with Gasteiger partial charge >= 0.3 is 0 Å². The Balaban J connectivity index is 0.00000210. The van der Waals surface area contributed by atoms with E-state index in [9.17, 15) is 4.79 Å². The predicted molar refractivity (Wildman–Crippen MR) is 114 cm³/mol. The molecule has 2 aromatic rings. The van der Waals surface area contributed by atoms with Gasteiger partial charge in [0.25, 0.3) is 0 Å². The van der Waals surface area contributed by atoms with Gasteiger partial charge in [-0.3, -0.25) is 4.79 Å². The highest BCUT2D eigenvalue weighted by atomic mass is 35.5. The second kappa shape index (κ2) is 9.54. The van der Waals surface area contributed by atoms with Crippen molar-refractivity contribution in [1.29, 1.82) is 0 Å². The molecule has 2 aliphatic rings. The normalized spacial score (nSPS) is 19.0. The summed E-state index contributed by atoms with van der Waals surface area (Å²) >= 11 is 0. The number of carbonyl (C=O) groups is 1. The maximum absolute atomic E-state index is 12.3. The monoisotopic (exact) mass is 387 g/mol. The molecule has 0 radical (unpaired) electrons. The molecule has 0 bridgehead atoms. The third kappa shape index (κ3) is 4.81. The summed E-state index contributed by atoms with van der Waals surface area (Å²) in [5.41, 5.74) is 1.50. The van der Waals surface area contributed by atoms with Gasteiger partial charge in [-0.25, -0.2) is 0 Å². The summed E-state index contributed by atoms with van der Waals surface area (Å²) in [5.74, 6) is 0.962. The molecule has 2 saturated heterocycles. The molecule has 0 unspecified atom stereocenters. The lowest BCUT2D eigenvalue weighted by Gasteiger charge is -2.33. The Hall–Kier alpha value is -1.62. The number of piperazine rings is 1. The molecule has 0 aliphatic carbocycles. The van der Waals surface area contributed by atoms with Crippen LogP contribution in [-0.4, -0.2) is 61.5 Å². The topological polar surface area (TPSA) is 35.6 Å². The number of piperidine rings is 1. The zero-order chi connectivity index (χ0) is 17.8. The van der Waals surface area contributed by atoms with Crippen LogP contribution < -0.4 is 5.32 Å². The number of nitrogens with zero attached hydrogens (tertiary/aromatic N) is 2. The fourth-order valence-corrected chi connectivity index (χ4v) is 4.40. The minimum absolute atomic E-state index is 0. The quantitative estimate of drug-likeness (QED) is 0.874. The van der Waals surface area contributed by atoms with Crippen molar-refractivity contribution < 1.29 is 4.79 Å². The highest BCUT2D eigenvalue weighted by molar-refractivity contribution is 5.86. The van der Waals surface area contributed by atoms with Crippen LogP contribution in [0.1, 0.15) is 30.7 Å². The molecule has 0 atom stereocenters. The summed E-state index contributed by atoms with van der Waals surface area (Å²) in [5, 5.41) is 6.05. The van der Waals surface area contributed by atoms with Crippen molar-refractivity contribution in [3.63, 3.8) is 0 Å². The van der Waals surface area contributed by atoms with Gasteiger partial charge in [0.15, 0.2) is 0 Å². The maximum Gasteiger partial charge on any atom is 0.223 e. The first-order valence-electron chi connectivity index (χ1n) is 10.00. The second-order valence-corrected chi connectivity index (χ2v) is 7.57. The van der Waals surface area contributed by atoms with Crippen LogP contribution in [0.5, 0.6) is 0 Å². The summed E-state index contributed by atoms with van der Waals surface area (Å²) in [7, 11) is 0. The fourth-order valence-electron chi connectivity index (χ4n) is 4.40. The van der Waals surface area contributed by atoms with Gasteiger partial charge < -0.3 is 15.1 Å². The van der Waals surface area contributed by atoms with Crippen LogP contribution in [0.4, 0.5) is 0 Å². The molecule has 4 rings (SSSR count). The molecular formula is C22H30ClN3O. The van der Waals surface area contributed by atoms with E-state index in [0.29, 0.717) is 18.2 Å². The molecule has 2 aliphatic heterocycles. The van der Waals surface area contributed by atoms with E-state index in [2.05, 4.69) is 52.7 Å². The molecule has 2 fully saturated rings. The Morgan fingerprint density at radius 3 is 2.44 bits per heavy atom. The molecule has 0 spiro atoms. The fraction of sp³-hybridized carbons (Fsp3) is 0.500. The van der Waals surface area contributed by atoms with E-state index in [1.807, 2.05) is 4.90 Å². The lowest BCUT2D eigenvalue weighted by molar-refractivity contribution is -0.132. The van der Waals surface area contributed by atoms with Gasteiger partial charge in [0, 0.05) is 39.1 Å². The van der Waals surface area contributed by atoms with Crippen LogP contribution in [-0.2, 0) is 4.79 Å². The molecule has 1 N–H and O–H groups in total. The van der Waals surface area contributed by atoms with Crippen LogP contribution in [0.2, 0.25) is 0 Å². The van der Waals surface area contributed by atoms with Gasteiger partial charge in [-0.2, -0.15) is 0 Å². The number of benzene rings is 2. The van der Waals surface area contributed by atoms with E-state index in [1.54, 1.807) is 0 Å². The molecule has 2 heterocycles. The number of carbonyl (C=O) groups excluding carboxylic acids is 1. The average Bonchev–Trinajstić information content (AvgIpc) is 2.72. The van der Waals surface area contributed by atoms with Crippen molar-refractivity contribution in [2.75, 3.05) is 45.8 Å². The Bertz CT molecular complexity index is 747. The van der Waals surface area contributed by atoms with E-state index in [4.69, 9.17) is 0 Å². The molecule has 4 nitrogen and oxygen atoms in total. The minimum atomic E-state index is 0. The standard InChI is InChI=1S/C22H29N3O.ClH/c26-22(25-16-11-23-12-17-25)10-15-24-13-8-19(9-14-24)21-7-3-5-18-4-1-2-6-20(18)21;/h1-7,19,23H,8-17H2;1H. The molecule has 27 heavy (non-hydrogen) atoms. The highest BCUT2D eigenvalue weighted by Crippen LogP contribution is 2.33. The van der Waals surface area contributed by atoms with Gasteiger partial charge in [-0.05, 0) is 48.2 Å². The van der Waals surface area contributed by atoms with Crippen LogP contribution in [0, 0.1) is 0 Å². The average molecular weight is 388 g/mol. The lowest BCUT2D eigenvalue weighted by atomic mass is 9.86. The summed E-state index contributed by atoms with van der Waals surface area (Å²) in [6.07, 6.45) is 3.05. The Labute approximate surface area is 168 Å². The third-order valence-corrected chi connectivity index (χ3v) is 5.96. The maximum atomic E-state index is 12.3. The van der Waals surface area contributed by atoms with Gasteiger partial charge in [0.05, 0.1) is 0 Å². The molecule has 0 saturated carbocycles. The van der Waals surface area contributed by atoms with Crippen molar-refractivity contribution in [2.24, 2.45) is 0 Å². The number of rotatable bonds is 4. The number of halogens is 1. The first kappa shape index (κ1) is 20.1. The largest absolute Gasteiger partial charge is 0.340 e. The SMILES string of the molecule is Cl.O=C(CCN1CCC(c2cccc3ccccc23)CC1)N1CCNCC1. The number of fused-ring (bicyclic) bond motifs is 1. The van der Waals surface area contributed by atoms with Crippen LogP contribution in [0.3, 0.4) is 0 Å². The molecule has 5 heteroatoms. The summed E-state index contributed by atoms with van der Waals surface area (Å²) < 4.78 is 0. The van der Waals surface area contributed by atoms with E-state index >= 15 is 0 Å². The van der Waals surface area contributed by atoms with E-state index in [0.717, 1.165) is 45.8 Å². The Morgan fingerprint density at radius 1 is 0.963 bits per heavy atom. The van der Waals surface area contributed by atoms with Crippen molar-refractivity contribution in [3.05, 3.63) is 48.0 Å². The summed E-state index contributed by atoms with van der Waals surface area (Å²) in [4.78, 5) is 16.8. The first-order valence-corrected chi connectivity index (χ1v) is 10.00. The summed E-state index contributed by atoms with van der Waals surface area (Å²) in [6.45, 7) is 6.70. The number of nitrogens with one attached hydrogen (secondary N) is 1. The highest BCUT2D eigenvalue weighted by Gasteiger charge is 2.23. The van der Waals surface area contributed by atoms with Crippen molar-refractivity contribution in [1.82, 2.24) is 15.1 Å². The van der Waals surface area contributed by atoms with Gasteiger partial charge in [-0.15, -0.1) is 12.4 Å². The van der Waals surface area contributed by atoms with E-state index in [1.165, 1.54) is 29.2 Å². The Kier molecular flexibility index (Phi) is 7.11. The number of amides is 1. The predicted octanol–water partition coefficient (Wildman–Crippen LogP) is 3.26. The molecule has 2 aromatic carbocycles. The molecule has 146 valence electrons.